The summed E-state index contributed by atoms with van der Waals surface area (Å²) in [6.07, 6.45) is 3.47. The summed E-state index contributed by atoms with van der Waals surface area (Å²) in [5.41, 5.74) is 1.30. The van der Waals surface area contributed by atoms with E-state index in [2.05, 4.69) is 45.8 Å². The summed E-state index contributed by atoms with van der Waals surface area (Å²) >= 11 is 1.80. The van der Waals surface area contributed by atoms with E-state index in [4.69, 9.17) is 0 Å². The van der Waals surface area contributed by atoms with Crippen LogP contribution in [0.25, 0.3) is 0 Å². The second kappa shape index (κ2) is 9.37. The zero-order valence-corrected chi connectivity index (χ0v) is 16.8. The van der Waals surface area contributed by atoms with Gasteiger partial charge in [-0.1, -0.05) is 6.92 Å². The molecular formula is C19H31N5OS. The maximum Gasteiger partial charge on any atom is 0.244 e. The van der Waals surface area contributed by atoms with Gasteiger partial charge in [0.05, 0.1) is 0 Å². The van der Waals surface area contributed by atoms with Gasteiger partial charge in [0.15, 0.2) is 5.96 Å². The standard InChI is InChI=1S/C19H31N5OS/c1-3-20-19(21-12-16-6-5-9-23(16)4-2)22-13-18(25)24-10-7-17-15(14-24)8-11-26-17/h8,11,16H,3-7,9-10,12-14H2,1-2H3,(H2,20,21,22). The Labute approximate surface area is 160 Å². The van der Waals surface area contributed by atoms with Crippen LogP contribution in [0.2, 0.25) is 0 Å². The quantitative estimate of drug-likeness (QED) is 0.585. The van der Waals surface area contributed by atoms with Crippen molar-refractivity contribution in [3.63, 3.8) is 0 Å². The highest BCUT2D eigenvalue weighted by Crippen LogP contribution is 2.23. The van der Waals surface area contributed by atoms with E-state index in [-0.39, 0.29) is 12.5 Å². The molecule has 1 unspecified atom stereocenters. The number of nitrogens with zero attached hydrogens (tertiary/aromatic N) is 3. The van der Waals surface area contributed by atoms with Gasteiger partial charge in [0.1, 0.15) is 6.54 Å². The van der Waals surface area contributed by atoms with E-state index in [1.54, 1.807) is 11.3 Å². The molecule has 6 nitrogen and oxygen atoms in total. The Balaban J connectivity index is 1.51. The van der Waals surface area contributed by atoms with Gasteiger partial charge in [-0.3, -0.25) is 9.69 Å². The highest BCUT2D eigenvalue weighted by Gasteiger charge is 2.23. The van der Waals surface area contributed by atoms with Gasteiger partial charge in [0.2, 0.25) is 5.91 Å². The number of carbonyl (C=O) groups excluding carboxylic acids is 1. The summed E-state index contributed by atoms with van der Waals surface area (Å²) < 4.78 is 0. The number of amides is 1. The Morgan fingerprint density at radius 2 is 2.23 bits per heavy atom. The first-order chi connectivity index (χ1) is 12.7. The minimum absolute atomic E-state index is 0.107. The smallest absolute Gasteiger partial charge is 0.244 e. The lowest BCUT2D eigenvalue weighted by Gasteiger charge is -2.27. The van der Waals surface area contributed by atoms with Crippen molar-refractivity contribution in [1.29, 1.82) is 0 Å². The van der Waals surface area contributed by atoms with E-state index >= 15 is 0 Å². The van der Waals surface area contributed by atoms with Crippen molar-refractivity contribution in [1.82, 2.24) is 20.4 Å². The lowest BCUT2D eigenvalue weighted by Crippen LogP contribution is -2.45. The van der Waals surface area contributed by atoms with Crippen LogP contribution in [0.15, 0.2) is 16.4 Å². The van der Waals surface area contributed by atoms with Gasteiger partial charge >= 0.3 is 0 Å². The third kappa shape index (κ3) is 4.76. The van der Waals surface area contributed by atoms with Crippen LogP contribution >= 0.6 is 11.3 Å². The normalized spacial score (nSPS) is 20.9. The average Bonchev–Trinajstić information content (AvgIpc) is 3.31. The Hall–Kier alpha value is -1.60. The number of likely N-dealkylation sites (N-methyl/N-ethyl adjacent to an activating group) is 1. The Kier molecular flexibility index (Phi) is 6.91. The molecule has 3 rings (SSSR count). The molecule has 2 N–H and O–H groups in total. The summed E-state index contributed by atoms with van der Waals surface area (Å²) in [6.45, 7) is 9.97. The van der Waals surface area contributed by atoms with Crippen molar-refractivity contribution in [2.45, 2.75) is 45.7 Å². The minimum Gasteiger partial charge on any atom is -0.357 e. The summed E-state index contributed by atoms with van der Waals surface area (Å²) in [4.78, 5) is 22.9. The van der Waals surface area contributed by atoms with Crippen LogP contribution in [-0.2, 0) is 17.8 Å². The van der Waals surface area contributed by atoms with Crippen molar-refractivity contribution in [2.75, 3.05) is 39.3 Å². The van der Waals surface area contributed by atoms with Gasteiger partial charge in [-0.2, -0.15) is 0 Å². The predicted octanol–water partition coefficient (Wildman–Crippen LogP) is 1.67. The summed E-state index contributed by atoms with van der Waals surface area (Å²) in [6, 6.07) is 2.70. The largest absolute Gasteiger partial charge is 0.357 e. The molecule has 1 amide bonds. The molecule has 3 heterocycles. The third-order valence-corrected chi connectivity index (χ3v) is 6.31. The van der Waals surface area contributed by atoms with E-state index in [1.165, 1.54) is 29.8 Å². The number of carbonyl (C=O) groups is 1. The number of rotatable bonds is 6. The van der Waals surface area contributed by atoms with Crippen molar-refractivity contribution >= 4 is 23.2 Å². The average molecular weight is 378 g/mol. The fourth-order valence-electron chi connectivity index (χ4n) is 3.81. The molecule has 1 aromatic heterocycles. The van der Waals surface area contributed by atoms with Crippen LogP contribution in [0.4, 0.5) is 0 Å². The molecule has 0 aromatic carbocycles. The first-order valence-corrected chi connectivity index (χ1v) is 10.7. The van der Waals surface area contributed by atoms with Gasteiger partial charge in [0.25, 0.3) is 0 Å². The Bertz CT molecular complexity index is 629. The van der Waals surface area contributed by atoms with Crippen LogP contribution in [0, 0.1) is 0 Å². The molecule has 0 aliphatic carbocycles. The summed E-state index contributed by atoms with van der Waals surface area (Å²) in [5, 5.41) is 8.80. The molecule has 0 saturated carbocycles. The van der Waals surface area contributed by atoms with Crippen LogP contribution < -0.4 is 10.6 Å². The fourth-order valence-corrected chi connectivity index (χ4v) is 4.70. The predicted molar refractivity (Wildman–Crippen MR) is 108 cm³/mol. The maximum absolute atomic E-state index is 12.6. The van der Waals surface area contributed by atoms with E-state index in [0.717, 1.165) is 45.1 Å². The van der Waals surface area contributed by atoms with Crippen LogP contribution in [0.5, 0.6) is 0 Å². The summed E-state index contributed by atoms with van der Waals surface area (Å²) in [5.74, 6) is 0.854. The van der Waals surface area contributed by atoms with Crippen LogP contribution in [0.1, 0.15) is 37.1 Å². The topological polar surface area (TPSA) is 60.0 Å². The number of aliphatic imine (C=N–C) groups is 1. The number of hydrogen-bond donors (Lipinski definition) is 2. The zero-order valence-electron chi connectivity index (χ0n) is 16.0. The first-order valence-electron chi connectivity index (χ1n) is 9.80. The first kappa shape index (κ1) is 19.2. The lowest BCUT2D eigenvalue weighted by molar-refractivity contribution is -0.130. The second-order valence-electron chi connectivity index (χ2n) is 6.94. The van der Waals surface area contributed by atoms with E-state index in [0.29, 0.717) is 6.04 Å². The third-order valence-electron chi connectivity index (χ3n) is 5.29. The lowest BCUT2D eigenvalue weighted by atomic mass is 10.1. The molecule has 1 atom stereocenters. The number of thiophene rings is 1. The molecule has 2 aliphatic rings. The molecule has 26 heavy (non-hydrogen) atoms. The van der Waals surface area contributed by atoms with E-state index in [1.807, 2.05) is 4.90 Å². The molecule has 2 aliphatic heterocycles. The fraction of sp³-hybridized carbons (Fsp3) is 0.684. The zero-order chi connectivity index (χ0) is 18.4. The SMILES string of the molecule is CCNC(=NCC(=O)N1CCc2sccc2C1)NCC1CCCN1CC. The van der Waals surface area contributed by atoms with Gasteiger partial charge in [-0.25, -0.2) is 4.99 Å². The van der Waals surface area contributed by atoms with E-state index in [9.17, 15) is 4.79 Å². The number of hydrogen-bond acceptors (Lipinski definition) is 4. The van der Waals surface area contributed by atoms with Gasteiger partial charge in [-0.05, 0) is 56.3 Å². The Morgan fingerprint density at radius 3 is 3.04 bits per heavy atom. The maximum atomic E-state index is 12.6. The van der Waals surface area contributed by atoms with Gasteiger partial charge in [0, 0.05) is 37.1 Å². The Morgan fingerprint density at radius 1 is 1.35 bits per heavy atom. The van der Waals surface area contributed by atoms with Gasteiger partial charge < -0.3 is 15.5 Å². The molecule has 1 saturated heterocycles. The van der Waals surface area contributed by atoms with Crippen LogP contribution in [0.3, 0.4) is 0 Å². The van der Waals surface area contributed by atoms with Crippen molar-refractivity contribution < 1.29 is 4.79 Å². The molecular weight excluding hydrogens is 346 g/mol. The molecule has 0 radical (unpaired) electrons. The minimum atomic E-state index is 0.107. The highest BCUT2D eigenvalue weighted by molar-refractivity contribution is 7.10. The van der Waals surface area contributed by atoms with Crippen molar-refractivity contribution in [2.24, 2.45) is 4.99 Å². The monoisotopic (exact) mass is 377 g/mol. The molecule has 1 fully saturated rings. The number of likely N-dealkylation sites (tertiary alicyclic amines) is 1. The molecule has 1 aromatic rings. The molecule has 0 spiro atoms. The highest BCUT2D eigenvalue weighted by atomic mass is 32.1. The van der Waals surface area contributed by atoms with Gasteiger partial charge in [-0.15, -0.1) is 11.3 Å². The second-order valence-corrected chi connectivity index (χ2v) is 7.94. The van der Waals surface area contributed by atoms with Crippen molar-refractivity contribution in [3.8, 4) is 0 Å². The van der Waals surface area contributed by atoms with Crippen molar-refractivity contribution in [3.05, 3.63) is 21.9 Å². The van der Waals surface area contributed by atoms with E-state index < -0.39 is 0 Å². The molecule has 7 heteroatoms. The number of fused-ring (bicyclic) bond motifs is 1. The number of nitrogens with one attached hydrogen (secondary N) is 2. The molecule has 0 bridgehead atoms. The molecule has 144 valence electrons. The number of guanidine groups is 1. The van der Waals surface area contributed by atoms with Crippen LogP contribution in [-0.4, -0.2) is 67.0 Å². The summed E-state index contributed by atoms with van der Waals surface area (Å²) in [7, 11) is 0.